The summed E-state index contributed by atoms with van der Waals surface area (Å²) in [4.78, 5) is 23.1. The van der Waals surface area contributed by atoms with E-state index in [2.05, 4.69) is 26.6 Å². The van der Waals surface area contributed by atoms with Crippen molar-refractivity contribution in [1.29, 1.82) is 0 Å². The number of amides is 2. The maximum atomic E-state index is 11.9. The first-order valence-electron chi connectivity index (χ1n) is 7.09. The molecule has 1 aromatic rings. The molecule has 0 aliphatic heterocycles. The molecule has 0 aromatic heterocycles. The smallest absolute Gasteiger partial charge is 0.319 e. The van der Waals surface area contributed by atoms with Gasteiger partial charge in [0.25, 0.3) is 0 Å². The highest BCUT2D eigenvalue weighted by molar-refractivity contribution is 9.10. The van der Waals surface area contributed by atoms with Crippen molar-refractivity contribution in [3.8, 4) is 0 Å². The van der Waals surface area contributed by atoms with E-state index in [-0.39, 0.29) is 17.9 Å². The number of nitrogens with one attached hydrogen (secondary N) is 2. The number of halogens is 1. The minimum absolute atomic E-state index is 0.0181. The van der Waals surface area contributed by atoms with Gasteiger partial charge in [0.05, 0.1) is 5.92 Å². The van der Waals surface area contributed by atoms with E-state index in [4.69, 9.17) is 0 Å². The number of benzene rings is 1. The molecule has 1 aromatic carbocycles. The fourth-order valence-electron chi connectivity index (χ4n) is 2.74. The summed E-state index contributed by atoms with van der Waals surface area (Å²) in [5.74, 6) is -1.08. The Kier molecular flexibility index (Phi) is 5.61. The average Bonchev–Trinajstić information content (AvgIpc) is 2.45. The molecule has 1 fully saturated rings. The lowest BCUT2D eigenvalue weighted by Gasteiger charge is -2.28. The fraction of sp³-hybridized carbons (Fsp3) is 0.467. The fourth-order valence-corrected chi connectivity index (χ4v) is 3.14. The van der Waals surface area contributed by atoms with E-state index in [1.54, 1.807) is 12.1 Å². The second kappa shape index (κ2) is 7.45. The zero-order chi connectivity index (χ0) is 15.2. The summed E-state index contributed by atoms with van der Waals surface area (Å²) < 4.78 is 0.888. The maximum absolute atomic E-state index is 11.9. The van der Waals surface area contributed by atoms with Gasteiger partial charge in [-0.15, -0.1) is 0 Å². The van der Waals surface area contributed by atoms with Crippen LogP contribution in [0.4, 0.5) is 10.5 Å². The summed E-state index contributed by atoms with van der Waals surface area (Å²) in [6.07, 6.45) is 3.55. The second-order valence-corrected chi connectivity index (χ2v) is 6.25. The lowest BCUT2D eigenvalue weighted by atomic mass is 9.79. The van der Waals surface area contributed by atoms with Gasteiger partial charge >= 0.3 is 12.0 Å². The Balaban J connectivity index is 1.84. The molecule has 2 unspecified atom stereocenters. The number of carbonyl (C=O) groups is 2. The summed E-state index contributed by atoms with van der Waals surface area (Å²) in [7, 11) is 0. The molecule has 3 N–H and O–H groups in total. The molecule has 1 saturated carbocycles. The molecule has 0 bridgehead atoms. The van der Waals surface area contributed by atoms with Crippen molar-refractivity contribution < 1.29 is 14.7 Å². The van der Waals surface area contributed by atoms with Gasteiger partial charge < -0.3 is 15.7 Å². The van der Waals surface area contributed by atoms with Gasteiger partial charge in [-0.05, 0) is 37.0 Å². The SMILES string of the molecule is O=C(NCC1CCCCC1C(=O)O)Nc1cccc(Br)c1. The van der Waals surface area contributed by atoms with Crippen LogP contribution in [0.1, 0.15) is 25.7 Å². The number of rotatable bonds is 4. The first-order chi connectivity index (χ1) is 10.1. The zero-order valence-corrected chi connectivity index (χ0v) is 13.2. The van der Waals surface area contributed by atoms with Crippen LogP contribution in [-0.2, 0) is 4.79 Å². The topological polar surface area (TPSA) is 78.4 Å². The molecule has 5 nitrogen and oxygen atoms in total. The predicted molar refractivity (Wildman–Crippen MR) is 84.2 cm³/mol. The standard InChI is InChI=1S/C15H19BrN2O3/c16-11-5-3-6-12(8-11)18-15(21)17-9-10-4-1-2-7-13(10)14(19)20/h3,5-6,8,10,13H,1-2,4,7,9H2,(H,19,20)(H2,17,18,21). The van der Waals surface area contributed by atoms with E-state index in [1.165, 1.54) is 0 Å². The summed E-state index contributed by atoms with van der Waals surface area (Å²) >= 11 is 3.34. The molecule has 2 rings (SSSR count). The molecule has 0 radical (unpaired) electrons. The normalized spacial score (nSPS) is 21.6. The predicted octanol–water partition coefficient (Wildman–Crippen LogP) is 3.46. The Bertz CT molecular complexity index is 521. The van der Waals surface area contributed by atoms with Gasteiger partial charge in [-0.1, -0.05) is 34.8 Å². The van der Waals surface area contributed by atoms with Crippen molar-refractivity contribution in [2.45, 2.75) is 25.7 Å². The molecule has 1 aliphatic rings. The highest BCUT2D eigenvalue weighted by Crippen LogP contribution is 2.29. The number of carboxylic acids is 1. The highest BCUT2D eigenvalue weighted by atomic mass is 79.9. The van der Waals surface area contributed by atoms with E-state index < -0.39 is 5.97 Å². The Labute approximate surface area is 132 Å². The second-order valence-electron chi connectivity index (χ2n) is 5.33. The van der Waals surface area contributed by atoms with Crippen molar-refractivity contribution in [3.63, 3.8) is 0 Å². The van der Waals surface area contributed by atoms with Gasteiger partial charge in [-0.25, -0.2) is 4.79 Å². The van der Waals surface area contributed by atoms with Crippen molar-refractivity contribution in [1.82, 2.24) is 5.32 Å². The third kappa shape index (κ3) is 4.74. The van der Waals surface area contributed by atoms with Crippen LogP contribution < -0.4 is 10.6 Å². The van der Waals surface area contributed by atoms with Gasteiger partial charge in [-0.3, -0.25) is 4.79 Å². The third-order valence-electron chi connectivity index (χ3n) is 3.83. The van der Waals surface area contributed by atoms with Gasteiger partial charge in [0.15, 0.2) is 0 Å². The number of carboxylic acid groups (broad SMARTS) is 1. The Hall–Kier alpha value is -1.56. The Morgan fingerprint density at radius 2 is 2.05 bits per heavy atom. The molecule has 2 amide bonds. The van der Waals surface area contributed by atoms with Crippen molar-refractivity contribution >= 4 is 33.6 Å². The number of aliphatic carboxylic acids is 1. The lowest BCUT2D eigenvalue weighted by Crippen LogP contribution is -2.38. The molecule has 6 heteroatoms. The molecule has 2 atom stereocenters. The molecule has 0 spiro atoms. The van der Waals surface area contributed by atoms with Crippen LogP contribution in [0.15, 0.2) is 28.7 Å². The zero-order valence-electron chi connectivity index (χ0n) is 11.6. The molecular formula is C15H19BrN2O3. The first-order valence-corrected chi connectivity index (χ1v) is 7.89. The number of urea groups is 1. The van der Waals surface area contributed by atoms with E-state index in [0.29, 0.717) is 18.7 Å². The number of carbonyl (C=O) groups excluding carboxylic acids is 1. The van der Waals surface area contributed by atoms with E-state index >= 15 is 0 Å². The van der Waals surface area contributed by atoms with Crippen LogP contribution in [-0.4, -0.2) is 23.7 Å². The van der Waals surface area contributed by atoms with Gasteiger partial charge in [0.1, 0.15) is 0 Å². The summed E-state index contributed by atoms with van der Waals surface area (Å²) in [5.41, 5.74) is 0.695. The summed E-state index contributed by atoms with van der Waals surface area (Å²) in [6, 6.07) is 7.01. The average molecular weight is 355 g/mol. The molecule has 21 heavy (non-hydrogen) atoms. The lowest BCUT2D eigenvalue weighted by molar-refractivity contribution is -0.144. The van der Waals surface area contributed by atoms with Crippen molar-refractivity contribution in [2.75, 3.05) is 11.9 Å². The first kappa shape index (κ1) is 15.8. The van der Waals surface area contributed by atoms with Crippen LogP contribution in [0, 0.1) is 11.8 Å². The van der Waals surface area contributed by atoms with Crippen molar-refractivity contribution in [3.05, 3.63) is 28.7 Å². The monoisotopic (exact) mass is 354 g/mol. The third-order valence-corrected chi connectivity index (χ3v) is 4.33. The van der Waals surface area contributed by atoms with Gasteiger partial charge in [0.2, 0.25) is 0 Å². The van der Waals surface area contributed by atoms with Crippen LogP contribution in [0.2, 0.25) is 0 Å². The Morgan fingerprint density at radius 3 is 2.76 bits per heavy atom. The van der Waals surface area contributed by atoms with E-state index in [9.17, 15) is 14.7 Å². The molecule has 114 valence electrons. The summed E-state index contributed by atoms with van der Waals surface area (Å²) in [5, 5.41) is 14.7. The summed E-state index contributed by atoms with van der Waals surface area (Å²) in [6.45, 7) is 0.400. The maximum Gasteiger partial charge on any atom is 0.319 e. The van der Waals surface area contributed by atoms with Crippen LogP contribution in [0.25, 0.3) is 0 Å². The minimum Gasteiger partial charge on any atom is -0.481 e. The number of hydrogen-bond donors (Lipinski definition) is 3. The van der Waals surface area contributed by atoms with E-state index in [0.717, 1.165) is 23.7 Å². The largest absolute Gasteiger partial charge is 0.481 e. The molecule has 1 aliphatic carbocycles. The van der Waals surface area contributed by atoms with Crippen LogP contribution in [0.3, 0.4) is 0 Å². The van der Waals surface area contributed by atoms with Crippen molar-refractivity contribution in [2.24, 2.45) is 11.8 Å². The van der Waals surface area contributed by atoms with E-state index in [1.807, 2.05) is 12.1 Å². The molecule has 0 saturated heterocycles. The Morgan fingerprint density at radius 1 is 1.29 bits per heavy atom. The number of anilines is 1. The highest BCUT2D eigenvalue weighted by Gasteiger charge is 2.30. The van der Waals surface area contributed by atoms with Crippen LogP contribution >= 0.6 is 15.9 Å². The van der Waals surface area contributed by atoms with Gasteiger partial charge in [0, 0.05) is 16.7 Å². The quantitative estimate of drug-likeness (QED) is 0.774. The minimum atomic E-state index is -0.756. The molecular weight excluding hydrogens is 336 g/mol. The number of hydrogen-bond acceptors (Lipinski definition) is 2. The van der Waals surface area contributed by atoms with Crippen LogP contribution in [0.5, 0.6) is 0 Å². The van der Waals surface area contributed by atoms with Gasteiger partial charge in [-0.2, -0.15) is 0 Å². The molecule has 0 heterocycles.